The molecule has 1 heterocycles. The average molecular weight is 331 g/mol. The molecule has 0 radical (unpaired) electrons. The Bertz CT molecular complexity index is 419. The van der Waals surface area contributed by atoms with Crippen molar-refractivity contribution in [1.29, 1.82) is 0 Å². The van der Waals surface area contributed by atoms with Crippen LogP contribution in [0.2, 0.25) is 0 Å². The highest BCUT2D eigenvalue weighted by Crippen LogP contribution is 2.20. The van der Waals surface area contributed by atoms with E-state index in [4.69, 9.17) is 13.0 Å². The normalized spacial score (nSPS) is 19.0. The van der Waals surface area contributed by atoms with Crippen LogP contribution < -0.4 is 0 Å². The third-order valence-electron chi connectivity index (χ3n) is 3.32. The first-order chi connectivity index (χ1) is 9.61. The molecule has 0 saturated carbocycles. The Balaban J connectivity index is 0.000000433. The van der Waals surface area contributed by atoms with Crippen molar-refractivity contribution in [2.75, 3.05) is 13.1 Å². The Morgan fingerprint density at radius 1 is 1.24 bits per heavy atom. The number of nitrogens with zero attached hydrogens (tertiary/aromatic N) is 1. The lowest BCUT2D eigenvalue weighted by Crippen LogP contribution is -2.21. The van der Waals surface area contributed by atoms with Crippen LogP contribution in [0.15, 0.2) is 0 Å². The molecular weight excluding hydrogens is 307 g/mol. The summed E-state index contributed by atoms with van der Waals surface area (Å²) in [5.74, 6) is 0.881. The molecule has 1 aliphatic heterocycles. The lowest BCUT2D eigenvalue weighted by molar-refractivity contribution is -0.516. The average Bonchev–Trinajstić information content (AvgIpc) is 2.81. The summed E-state index contributed by atoms with van der Waals surface area (Å²) >= 11 is 0. The largest absolute Gasteiger partial charge is 0.741 e. The predicted molar refractivity (Wildman–Crippen MR) is 74.4 cm³/mol. The minimum atomic E-state index is -6.09. The van der Waals surface area contributed by atoms with Crippen molar-refractivity contribution in [3.8, 4) is 0 Å². The third kappa shape index (κ3) is 9.08. The molecule has 0 aliphatic carbocycles. The molecule has 0 aromatic heterocycles. The lowest BCUT2D eigenvalue weighted by atomic mass is 10.1. The summed E-state index contributed by atoms with van der Waals surface area (Å²) in [5, 5.41) is 0. The second kappa shape index (κ2) is 9.40. The molecule has 1 aliphatic rings. The molecule has 0 amide bonds. The van der Waals surface area contributed by atoms with Crippen LogP contribution in [0.5, 0.6) is 0 Å². The van der Waals surface area contributed by atoms with E-state index in [1.165, 1.54) is 51.6 Å². The van der Waals surface area contributed by atoms with E-state index in [0.717, 1.165) is 5.92 Å². The summed E-state index contributed by atoms with van der Waals surface area (Å²) in [7, 11) is -6.09. The zero-order chi connectivity index (χ0) is 16.5. The zero-order valence-corrected chi connectivity index (χ0v) is 13.3. The second-order valence-corrected chi connectivity index (χ2v) is 6.47. The van der Waals surface area contributed by atoms with Gasteiger partial charge in [0.25, 0.3) is 0 Å². The first-order valence-electron chi connectivity index (χ1n) is 7.23. The van der Waals surface area contributed by atoms with Gasteiger partial charge in [-0.05, 0) is 12.8 Å². The molecular formula is C13H24F3NO3S. The number of hydrogen-bond acceptors (Lipinski definition) is 3. The van der Waals surface area contributed by atoms with Crippen molar-refractivity contribution in [3.63, 3.8) is 0 Å². The van der Waals surface area contributed by atoms with Crippen LogP contribution in [0.4, 0.5) is 13.2 Å². The lowest BCUT2D eigenvalue weighted by Gasteiger charge is -2.08. The molecule has 21 heavy (non-hydrogen) atoms. The van der Waals surface area contributed by atoms with E-state index in [-0.39, 0.29) is 0 Å². The topological polar surface area (TPSA) is 60.2 Å². The SMILES string of the molecule is CCCCCC[N+]1=CC(CC)CC1.O=S(=O)([O-])C(F)(F)F. The number of alkyl halides is 3. The molecule has 0 aromatic rings. The standard InChI is InChI=1S/C12H24N.CHF3O3S/c1-3-5-6-7-9-13-10-8-12(4-2)11-13;2-1(3,4)8(5,6)7/h11-12H,3-10H2,1-2H3;(H,5,6,7)/q+1;/p-1. The van der Waals surface area contributed by atoms with Gasteiger partial charge in [0.1, 0.15) is 19.3 Å². The number of halogens is 3. The Kier molecular flexibility index (Phi) is 9.12. The number of hydrogen-bond donors (Lipinski definition) is 0. The van der Waals surface area contributed by atoms with Crippen LogP contribution in [0.1, 0.15) is 52.4 Å². The highest BCUT2D eigenvalue weighted by molar-refractivity contribution is 7.86. The van der Waals surface area contributed by atoms with Gasteiger partial charge in [-0.2, -0.15) is 13.2 Å². The molecule has 1 atom stereocenters. The van der Waals surface area contributed by atoms with Gasteiger partial charge in [-0.1, -0.05) is 26.7 Å². The quantitative estimate of drug-likeness (QED) is 0.325. The van der Waals surface area contributed by atoms with Gasteiger partial charge < -0.3 is 4.55 Å². The predicted octanol–water partition coefficient (Wildman–Crippen LogP) is 3.13. The smallest absolute Gasteiger partial charge is 0.485 e. The Morgan fingerprint density at radius 2 is 1.81 bits per heavy atom. The number of rotatable bonds is 6. The minimum absolute atomic E-state index is 0.881. The van der Waals surface area contributed by atoms with Crippen LogP contribution in [-0.2, 0) is 10.1 Å². The van der Waals surface area contributed by atoms with Crippen molar-refractivity contribution in [2.45, 2.75) is 57.9 Å². The van der Waals surface area contributed by atoms with Crippen molar-refractivity contribution in [1.82, 2.24) is 0 Å². The molecule has 0 saturated heterocycles. The van der Waals surface area contributed by atoms with E-state index in [1.807, 2.05) is 0 Å². The van der Waals surface area contributed by atoms with Crippen molar-refractivity contribution >= 4 is 16.3 Å². The maximum atomic E-state index is 10.7. The summed E-state index contributed by atoms with van der Waals surface area (Å²) in [4.78, 5) is 0. The van der Waals surface area contributed by atoms with Crippen molar-refractivity contribution in [2.24, 2.45) is 5.92 Å². The van der Waals surface area contributed by atoms with Gasteiger partial charge in [0.15, 0.2) is 10.1 Å². The Morgan fingerprint density at radius 3 is 2.19 bits per heavy atom. The van der Waals surface area contributed by atoms with Gasteiger partial charge in [0.2, 0.25) is 0 Å². The van der Waals surface area contributed by atoms with Gasteiger partial charge in [-0.15, -0.1) is 0 Å². The van der Waals surface area contributed by atoms with Crippen molar-refractivity contribution in [3.05, 3.63) is 0 Å². The van der Waals surface area contributed by atoms with E-state index in [9.17, 15) is 13.2 Å². The summed E-state index contributed by atoms with van der Waals surface area (Å²) in [6.45, 7) is 7.18. The number of unbranched alkanes of at least 4 members (excludes halogenated alkanes) is 3. The van der Waals surface area contributed by atoms with E-state index in [1.54, 1.807) is 0 Å². The molecule has 8 heteroatoms. The van der Waals surface area contributed by atoms with Crippen LogP contribution in [0.3, 0.4) is 0 Å². The third-order valence-corrected chi connectivity index (χ3v) is 3.88. The minimum Gasteiger partial charge on any atom is -0.741 e. The summed E-state index contributed by atoms with van der Waals surface area (Å²) in [5.41, 5.74) is -5.65. The molecule has 1 unspecified atom stereocenters. The summed E-state index contributed by atoms with van der Waals surface area (Å²) in [6.07, 6.45) is 10.7. The van der Waals surface area contributed by atoms with Crippen LogP contribution >= 0.6 is 0 Å². The fourth-order valence-electron chi connectivity index (χ4n) is 2.02. The fraction of sp³-hybridized carbons (Fsp3) is 0.923. The van der Waals surface area contributed by atoms with Gasteiger partial charge in [0, 0.05) is 18.8 Å². The van der Waals surface area contributed by atoms with E-state index < -0.39 is 15.6 Å². The van der Waals surface area contributed by atoms with Gasteiger partial charge >= 0.3 is 5.51 Å². The van der Waals surface area contributed by atoms with Crippen LogP contribution in [0, 0.1) is 5.92 Å². The van der Waals surface area contributed by atoms with Gasteiger partial charge in [0.05, 0.1) is 0 Å². The van der Waals surface area contributed by atoms with Crippen molar-refractivity contribution < 1.29 is 30.7 Å². The first-order valence-corrected chi connectivity index (χ1v) is 8.63. The molecule has 126 valence electrons. The molecule has 0 N–H and O–H groups in total. The van der Waals surface area contributed by atoms with E-state index >= 15 is 0 Å². The van der Waals surface area contributed by atoms with E-state index in [0.29, 0.717) is 0 Å². The molecule has 0 spiro atoms. The second-order valence-electron chi connectivity index (χ2n) is 5.10. The molecule has 0 fully saturated rings. The highest BCUT2D eigenvalue weighted by atomic mass is 32.2. The molecule has 1 rings (SSSR count). The van der Waals surface area contributed by atoms with E-state index in [2.05, 4.69) is 24.6 Å². The van der Waals surface area contributed by atoms with Gasteiger partial charge in [-0.25, -0.2) is 13.0 Å². The maximum absolute atomic E-state index is 10.7. The molecule has 0 aromatic carbocycles. The summed E-state index contributed by atoms with van der Waals surface area (Å²) in [6, 6.07) is 0. The molecule has 4 nitrogen and oxygen atoms in total. The molecule has 0 bridgehead atoms. The maximum Gasteiger partial charge on any atom is 0.485 e. The Hall–Kier alpha value is -0.630. The van der Waals surface area contributed by atoms with Crippen LogP contribution in [-0.4, -0.2) is 42.4 Å². The Labute approximate surface area is 124 Å². The monoisotopic (exact) mass is 331 g/mol. The zero-order valence-electron chi connectivity index (χ0n) is 12.5. The first kappa shape index (κ1) is 20.4. The summed E-state index contributed by atoms with van der Waals surface area (Å²) < 4.78 is 61.4. The highest BCUT2D eigenvalue weighted by Gasteiger charge is 2.36. The van der Waals surface area contributed by atoms with Gasteiger partial charge in [-0.3, -0.25) is 0 Å². The van der Waals surface area contributed by atoms with Crippen LogP contribution in [0.25, 0.3) is 0 Å². The fourth-order valence-corrected chi connectivity index (χ4v) is 2.02.